The number of hydrazine groups is 1. The molecule has 1 aliphatic heterocycles. The van der Waals surface area contributed by atoms with Crippen molar-refractivity contribution in [2.45, 2.75) is 68.9 Å². The molecule has 0 aromatic rings. The molecule has 19 heavy (non-hydrogen) atoms. The van der Waals surface area contributed by atoms with Crippen LogP contribution in [0.25, 0.3) is 0 Å². The molecule has 4 atom stereocenters. The molecule has 3 rings (SSSR count). The molecule has 0 unspecified atom stereocenters. The topological polar surface area (TPSA) is 76.8 Å². The van der Waals surface area contributed by atoms with Gasteiger partial charge in [-0.1, -0.05) is 25.7 Å². The third-order valence-electron chi connectivity index (χ3n) is 5.89. The van der Waals surface area contributed by atoms with E-state index >= 15 is 0 Å². The van der Waals surface area contributed by atoms with Crippen LogP contribution in [0, 0.1) is 34.5 Å². The summed E-state index contributed by atoms with van der Waals surface area (Å²) in [5, 5.41) is 21.3. The molecule has 0 amide bonds. The van der Waals surface area contributed by atoms with Gasteiger partial charge in [0.05, 0.1) is 12.1 Å². The zero-order valence-corrected chi connectivity index (χ0v) is 11.4. The minimum Gasteiger partial charge on any atom is -0.266 e. The van der Waals surface area contributed by atoms with Crippen molar-refractivity contribution in [2.75, 3.05) is 0 Å². The quantitative estimate of drug-likeness (QED) is 0.677. The van der Waals surface area contributed by atoms with E-state index in [1.807, 2.05) is 0 Å². The third kappa shape index (κ3) is 1.57. The fraction of sp³-hybridized carbons (Fsp3) is 0.867. The minimum absolute atomic E-state index is 0.362. The van der Waals surface area contributed by atoms with Crippen LogP contribution in [-0.4, -0.2) is 16.1 Å². The lowest BCUT2D eigenvalue weighted by Crippen LogP contribution is -2.73. The monoisotopic (exact) mass is 258 g/mol. The Labute approximate surface area is 115 Å². The van der Waals surface area contributed by atoms with Crippen LogP contribution in [0.4, 0.5) is 0 Å². The van der Waals surface area contributed by atoms with Gasteiger partial charge in [0.1, 0.15) is 11.1 Å². The van der Waals surface area contributed by atoms with E-state index in [1.165, 1.54) is 12.8 Å². The van der Waals surface area contributed by atoms with Gasteiger partial charge in [0.2, 0.25) is 0 Å². The van der Waals surface area contributed by atoms with Crippen LogP contribution in [0.5, 0.6) is 0 Å². The number of rotatable bonds is 0. The molecule has 0 aromatic heterocycles. The Kier molecular flexibility index (Phi) is 3.04. The van der Waals surface area contributed by atoms with Crippen LogP contribution in [0.3, 0.4) is 0 Å². The summed E-state index contributed by atoms with van der Waals surface area (Å²) in [5.74, 6) is 7.15. The van der Waals surface area contributed by atoms with Crippen LogP contribution in [0.15, 0.2) is 0 Å². The van der Waals surface area contributed by atoms with E-state index < -0.39 is 11.1 Å². The van der Waals surface area contributed by atoms with E-state index in [2.05, 4.69) is 12.1 Å². The Morgan fingerprint density at radius 3 is 1.79 bits per heavy atom. The lowest BCUT2D eigenvalue weighted by molar-refractivity contribution is -0.113. The summed E-state index contributed by atoms with van der Waals surface area (Å²) in [7, 11) is 0. The fourth-order valence-corrected chi connectivity index (χ4v) is 4.82. The molecule has 1 saturated heterocycles. The van der Waals surface area contributed by atoms with Crippen molar-refractivity contribution in [2.24, 2.45) is 17.7 Å². The van der Waals surface area contributed by atoms with Crippen molar-refractivity contribution in [3.05, 3.63) is 0 Å². The van der Waals surface area contributed by atoms with Crippen LogP contribution in [-0.2, 0) is 0 Å². The maximum absolute atomic E-state index is 9.77. The molecule has 102 valence electrons. The average molecular weight is 258 g/mol. The third-order valence-corrected chi connectivity index (χ3v) is 5.89. The van der Waals surface area contributed by atoms with Crippen molar-refractivity contribution < 1.29 is 0 Å². The van der Waals surface area contributed by atoms with Gasteiger partial charge in [0, 0.05) is 0 Å². The summed E-state index contributed by atoms with van der Waals surface area (Å²) in [6.07, 6.45) is 9.41. The average Bonchev–Trinajstić information content (AvgIpc) is 2.48. The van der Waals surface area contributed by atoms with Crippen molar-refractivity contribution in [1.82, 2.24) is 5.01 Å². The molecule has 0 radical (unpaired) electrons. The van der Waals surface area contributed by atoms with Gasteiger partial charge in [-0.15, -0.1) is 0 Å². The molecule has 0 aromatic carbocycles. The zero-order chi connectivity index (χ0) is 13.5. The van der Waals surface area contributed by atoms with Gasteiger partial charge in [-0.2, -0.15) is 10.5 Å². The zero-order valence-electron chi connectivity index (χ0n) is 11.4. The second-order valence-corrected chi connectivity index (χ2v) is 6.56. The summed E-state index contributed by atoms with van der Waals surface area (Å²) in [6.45, 7) is 0. The molecule has 4 heteroatoms. The van der Waals surface area contributed by atoms with Gasteiger partial charge in [0.15, 0.2) is 0 Å². The smallest absolute Gasteiger partial charge is 0.126 e. The first-order valence-corrected chi connectivity index (χ1v) is 7.57. The largest absolute Gasteiger partial charge is 0.266 e. The molecular formula is C15H22N4. The first-order valence-electron chi connectivity index (χ1n) is 7.57. The molecule has 3 fully saturated rings. The Morgan fingerprint density at radius 2 is 1.37 bits per heavy atom. The Bertz CT molecular complexity index is 408. The van der Waals surface area contributed by atoms with Crippen LogP contribution < -0.4 is 5.84 Å². The van der Waals surface area contributed by atoms with Crippen LogP contribution in [0.1, 0.15) is 57.8 Å². The van der Waals surface area contributed by atoms with Crippen molar-refractivity contribution in [3.63, 3.8) is 0 Å². The second-order valence-electron chi connectivity index (χ2n) is 6.56. The minimum atomic E-state index is -0.582. The first kappa shape index (κ1) is 12.9. The van der Waals surface area contributed by atoms with Crippen LogP contribution in [0.2, 0.25) is 0 Å². The van der Waals surface area contributed by atoms with Crippen LogP contribution >= 0.6 is 0 Å². The fourth-order valence-electron chi connectivity index (χ4n) is 4.82. The maximum Gasteiger partial charge on any atom is 0.126 e. The highest BCUT2D eigenvalue weighted by Gasteiger charge is 2.61. The normalized spacial score (nSPS) is 46.5. The molecule has 3 aliphatic rings. The van der Waals surface area contributed by atoms with E-state index in [-0.39, 0.29) is 0 Å². The summed E-state index contributed by atoms with van der Waals surface area (Å²) >= 11 is 0. The lowest BCUT2D eigenvalue weighted by atomic mass is 9.58. The van der Waals surface area contributed by atoms with E-state index in [4.69, 9.17) is 5.84 Å². The van der Waals surface area contributed by atoms with E-state index in [0.29, 0.717) is 11.8 Å². The lowest BCUT2D eigenvalue weighted by Gasteiger charge is -2.59. The molecule has 2 aliphatic carbocycles. The molecular weight excluding hydrogens is 236 g/mol. The molecule has 0 bridgehead atoms. The number of nitriles is 2. The second kappa shape index (κ2) is 4.47. The number of fused-ring (bicyclic) bond motifs is 2. The SMILES string of the molecule is N#C[C@]12CCCC[C@H]1C[C@@H]1CCCC[C@@]1(C#N)N2N. The summed E-state index contributed by atoms with van der Waals surface area (Å²) in [4.78, 5) is 0. The van der Waals surface area contributed by atoms with Gasteiger partial charge in [-0.25, -0.2) is 5.01 Å². The predicted octanol–water partition coefficient (Wildman–Crippen LogP) is 2.47. The number of piperidine rings is 1. The molecule has 1 heterocycles. The molecule has 4 nitrogen and oxygen atoms in total. The van der Waals surface area contributed by atoms with Gasteiger partial charge in [-0.3, -0.25) is 5.84 Å². The first-order chi connectivity index (χ1) is 9.19. The summed E-state index contributed by atoms with van der Waals surface area (Å²) in [5.41, 5.74) is -1.16. The van der Waals surface area contributed by atoms with E-state index in [0.717, 1.165) is 44.9 Å². The van der Waals surface area contributed by atoms with Crippen molar-refractivity contribution >= 4 is 0 Å². The van der Waals surface area contributed by atoms with E-state index in [1.54, 1.807) is 5.01 Å². The summed E-state index contributed by atoms with van der Waals surface area (Å²) < 4.78 is 0. The Hall–Kier alpha value is -1.10. The number of hydrogen-bond donors (Lipinski definition) is 1. The highest BCUT2D eigenvalue weighted by molar-refractivity contribution is 5.26. The van der Waals surface area contributed by atoms with Gasteiger partial charge in [0.25, 0.3) is 0 Å². The number of hydrogen-bond acceptors (Lipinski definition) is 4. The summed E-state index contributed by atoms with van der Waals surface area (Å²) in [6, 6.07) is 5.02. The number of nitrogens with zero attached hydrogens (tertiary/aromatic N) is 3. The highest BCUT2D eigenvalue weighted by Crippen LogP contribution is 2.54. The Morgan fingerprint density at radius 1 is 0.895 bits per heavy atom. The van der Waals surface area contributed by atoms with Crippen molar-refractivity contribution in [1.29, 1.82) is 10.5 Å². The Balaban J connectivity index is 2.04. The molecule has 0 spiro atoms. The number of nitrogens with two attached hydrogens (primary N) is 1. The van der Waals surface area contributed by atoms with Gasteiger partial charge >= 0.3 is 0 Å². The molecule has 2 saturated carbocycles. The van der Waals surface area contributed by atoms with E-state index in [9.17, 15) is 10.5 Å². The van der Waals surface area contributed by atoms with Crippen molar-refractivity contribution in [3.8, 4) is 12.1 Å². The standard InChI is InChI=1S/C15H22N4/c16-10-14-7-3-1-5-12(14)9-13-6-2-4-8-15(13,11-17)19(14)18/h12-13H,1-9,18H2/t12-,13-,14-,15+/m0/s1. The predicted molar refractivity (Wildman–Crippen MR) is 71.2 cm³/mol. The maximum atomic E-state index is 9.77. The van der Waals surface area contributed by atoms with Gasteiger partial charge in [-0.05, 0) is 43.9 Å². The molecule has 2 N–H and O–H groups in total. The highest BCUT2D eigenvalue weighted by atomic mass is 15.5. The van der Waals surface area contributed by atoms with Gasteiger partial charge < -0.3 is 0 Å².